The van der Waals surface area contributed by atoms with Gasteiger partial charge in [-0.15, -0.1) is 0 Å². The molecule has 4 heteroatoms. The molecule has 35 heavy (non-hydrogen) atoms. The van der Waals surface area contributed by atoms with Crippen LogP contribution in [0.1, 0.15) is 47.9 Å². The summed E-state index contributed by atoms with van der Waals surface area (Å²) in [7, 11) is 2.40. The second-order valence-corrected chi connectivity index (χ2v) is 10.3. The van der Waals surface area contributed by atoms with Gasteiger partial charge < -0.3 is 34.2 Å². The molecule has 0 unspecified atom stereocenters. The average Bonchev–Trinajstić information content (AvgIpc) is 2.88. The minimum absolute atomic E-state index is 0. The number of hydrogen-bond donors (Lipinski definition) is 1. The molecule has 3 nitrogen and oxygen atoms in total. The molecule has 0 aromatic heterocycles. The fraction of sp³-hybridized carbons (Fsp3) is 0.323. The van der Waals surface area contributed by atoms with E-state index in [-0.39, 0.29) is 29.9 Å². The van der Waals surface area contributed by atoms with Crippen LogP contribution in [0.5, 0.6) is 0 Å². The standard InChI is InChI=1S/C31H34N2O.HI/c1-33(19-6-3-7-20-33)21-18-23-10-12-26(13-11-23)30-28(31(32)34)17-16-25-14-15-27(22-29(25)30)24-8-4-2-5-9-24;/h2,4-5,8-15,22H,3,6-7,16-21H2,1H3,(H-,32,34);1H. The molecule has 1 aliphatic carbocycles. The Morgan fingerprint density at radius 3 is 2.20 bits per heavy atom. The number of halogens is 1. The maximum Gasteiger partial charge on any atom is 0.245 e. The lowest BCUT2D eigenvalue weighted by Gasteiger charge is -2.37. The van der Waals surface area contributed by atoms with Gasteiger partial charge in [0.1, 0.15) is 0 Å². The topological polar surface area (TPSA) is 43.1 Å². The average molecular weight is 579 g/mol. The number of quaternary nitrogens is 1. The summed E-state index contributed by atoms with van der Waals surface area (Å²) < 4.78 is 1.19. The number of likely N-dealkylation sites (N-methyl/N-ethyl adjacent to an activating group) is 1. The Morgan fingerprint density at radius 2 is 1.51 bits per heavy atom. The van der Waals surface area contributed by atoms with Crippen LogP contribution in [0, 0.1) is 0 Å². The first-order valence-electron chi connectivity index (χ1n) is 12.7. The normalized spacial score (nSPS) is 16.8. The molecule has 1 fully saturated rings. The van der Waals surface area contributed by atoms with E-state index in [9.17, 15) is 4.79 Å². The fourth-order valence-electron chi connectivity index (χ4n) is 5.70. The lowest BCUT2D eigenvalue weighted by atomic mass is 9.80. The van der Waals surface area contributed by atoms with Crippen LogP contribution in [-0.2, 0) is 17.6 Å². The van der Waals surface area contributed by atoms with Crippen LogP contribution >= 0.6 is 0 Å². The van der Waals surface area contributed by atoms with E-state index in [2.05, 4.69) is 73.8 Å². The van der Waals surface area contributed by atoms with E-state index in [1.807, 2.05) is 6.07 Å². The maximum atomic E-state index is 12.4. The van der Waals surface area contributed by atoms with Crippen molar-refractivity contribution in [2.75, 3.05) is 26.7 Å². The first kappa shape index (κ1) is 25.6. The lowest BCUT2D eigenvalue weighted by molar-refractivity contribution is -0.913. The van der Waals surface area contributed by atoms with Crippen molar-refractivity contribution in [3.05, 3.63) is 101 Å². The molecule has 1 amide bonds. The molecule has 182 valence electrons. The van der Waals surface area contributed by atoms with Gasteiger partial charge in [-0.3, -0.25) is 4.79 Å². The molecular weight excluding hydrogens is 543 g/mol. The highest BCUT2D eigenvalue weighted by Gasteiger charge is 2.25. The van der Waals surface area contributed by atoms with Crippen LogP contribution in [0.2, 0.25) is 0 Å². The number of carbonyl (C=O) groups is 1. The van der Waals surface area contributed by atoms with Crippen LogP contribution in [0.4, 0.5) is 0 Å². The number of amides is 1. The minimum Gasteiger partial charge on any atom is -1.00 e. The summed E-state index contributed by atoms with van der Waals surface area (Å²) in [6.07, 6.45) is 6.72. The first-order chi connectivity index (χ1) is 16.5. The zero-order valence-corrected chi connectivity index (χ0v) is 22.8. The quantitative estimate of drug-likeness (QED) is 0.355. The molecule has 1 saturated heterocycles. The van der Waals surface area contributed by atoms with Gasteiger partial charge in [-0.1, -0.05) is 66.7 Å². The highest BCUT2D eigenvalue weighted by Crippen LogP contribution is 2.38. The molecule has 5 rings (SSSR count). The number of rotatable bonds is 6. The largest absolute Gasteiger partial charge is 1.00 e. The van der Waals surface area contributed by atoms with E-state index in [0.717, 1.165) is 40.7 Å². The van der Waals surface area contributed by atoms with Gasteiger partial charge in [0.15, 0.2) is 0 Å². The lowest BCUT2D eigenvalue weighted by Crippen LogP contribution is -3.00. The van der Waals surface area contributed by atoms with Crippen molar-refractivity contribution in [3.8, 4) is 11.1 Å². The molecule has 2 aliphatic rings. The van der Waals surface area contributed by atoms with Gasteiger partial charge in [0.25, 0.3) is 0 Å². The number of hydrogen-bond acceptors (Lipinski definition) is 1. The Kier molecular flexibility index (Phi) is 8.12. The van der Waals surface area contributed by atoms with E-state index >= 15 is 0 Å². The van der Waals surface area contributed by atoms with Gasteiger partial charge in [-0.2, -0.15) is 0 Å². The van der Waals surface area contributed by atoms with Gasteiger partial charge in [-0.25, -0.2) is 0 Å². The number of nitrogens with two attached hydrogens (primary N) is 1. The zero-order valence-electron chi connectivity index (χ0n) is 20.6. The predicted octanol–water partition coefficient (Wildman–Crippen LogP) is 2.76. The smallest absolute Gasteiger partial charge is 0.245 e. The van der Waals surface area contributed by atoms with Crippen molar-refractivity contribution in [2.45, 2.75) is 38.5 Å². The highest BCUT2D eigenvalue weighted by molar-refractivity contribution is 6.05. The van der Waals surface area contributed by atoms with Gasteiger partial charge in [-0.05, 0) is 77.1 Å². The maximum absolute atomic E-state index is 12.4. The van der Waals surface area contributed by atoms with Crippen molar-refractivity contribution in [2.24, 2.45) is 5.73 Å². The number of nitrogens with zero attached hydrogens (tertiary/aromatic N) is 1. The van der Waals surface area contributed by atoms with E-state index in [1.165, 1.54) is 60.1 Å². The predicted molar refractivity (Wildman–Crippen MR) is 140 cm³/mol. The van der Waals surface area contributed by atoms with E-state index < -0.39 is 0 Å². The van der Waals surface area contributed by atoms with Crippen molar-refractivity contribution < 1.29 is 33.3 Å². The Labute approximate surface area is 226 Å². The summed E-state index contributed by atoms with van der Waals surface area (Å²) >= 11 is 0. The van der Waals surface area contributed by atoms with Crippen LogP contribution in [-0.4, -0.2) is 37.1 Å². The van der Waals surface area contributed by atoms with Crippen molar-refractivity contribution in [1.82, 2.24) is 0 Å². The minimum atomic E-state index is -0.308. The summed E-state index contributed by atoms with van der Waals surface area (Å²) in [5, 5.41) is 0. The van der Waals surface area contributed by atoms with Gasteiger partial charge in [0.05, 0.1) is 26.7 Å². The molecule has 0 atom stereocenters. The number of likely N-dealkylation sites (tertiary alicyclic amines) is 1. The molecule has 1 heterocycles. The Hall–Kier alpha value is -2.44. The number of aryl methyl sites for hydroxylation is 1. The number of primary amides is 1. The second kappa shape index (κ2) is 11.1. The Bertz CT molecular complexity index is 1210. The van der Waals surface area contributed by atoms with Crippen LogP contribution in [0.15, 0.2) is 78.4 Å². The molecular formula is C31H35IN2O. The molecule has 1 aliphatic heterocycles. The van der Waals surface area contributed by atoms with E-state index in [1.54, 1.807) is 0 Å². The summed E-state index contributed by atoms with van der Waals surface area (Å²) in [6, 6.07) is 25.9. The van der Waals surface area contributed by atoms with E-state index in [4.69, 9.17) is 5.73 Å². The van der Waals surface area contributed by atoms with Crippen LogP contribution in [0.25, 0.3) is 16.7 Å². The number of carbonyl (C=O) groups excluding carboxylic acids is 1. The van der Waals surface area contributed by atoms with Gasteiger partial charge >= 0.3 is 0 Å². The summed E-state index contributed by atoms with van der Waals surface area (Å²) in [6.45, 7) is 3.79. The Morgan fingerprint density at radius 1 is 0.829 bits per heavy atom. The van der Waals surface area contributed by atoms with Crippen LogP contribution in [0.3, 0.4) is 0 Å². The summed E-state index contributed by atoms with van der Waals surface area (Å²) in [4.78, 5) is 12.4. The molecule has 0 saturated carbocycles. The van der Waals surface area contributed by atoms with E-state index in [0.29, 0.717) is 6.42 Å². The molecule has 3 aromatic carbocycles. The molecule has 2 N–H and O–H groups in total. The number of benzene rings is 3. The fourth-order valence-corrected chi connectivity index (χ4v) is 5.70. The third kappa shape index (κ3) is 5.70. The number of piperidine rings is 1. The zero-order chi connectivity index (χ0) is 23.5. The third-order valence-corrected chi connectivity index (χ3v) is 7.81. The Balaban J connectivity index is 0.00000289. The molecule has 0 radical (unpaired) electrons. The monoisotopic (exact) mass is 578 g/mol. The molecule has 3 aromatic rings. The highest BCUT2D eigenvalue weighted by atomic mass is 127. The first-order valence-corrected chi connectivity index (χ1v) is 12.7. The summed E-state index contributed by atoms with van der Waals surface area (Å²) in [5.41, 5.74) is 14.9. The van der Waals surface area contributed by atoms with Crippen molar-refractivity contribution in [1.29, 1.82) is 0 Å². The van der Waals surface area contributed by atoms with Crippen molar-refractivity contribution >= 4 is 11.5 Å². The van der Waals surface area contributed by atoms with Gasteiger partial charge in [0.2, 0.25) is 5.91 Å². The van der Waals surface area contributed by atoms with Gasteiger partial charge in [0, 0.05) is 12.0 Å². The summed E-state index contributed by atoms with van der Waals surface area (Å²) in [5.74, 6) is -0.308. The van der Waals surface area contributed by atoms with Crippen LogP contribution < -0.4 is 29.7 Å². The SMILES string of the molecule is C[N+]1(CCc2ccc(C3=C(C(N)=O)CCc4ccc(-c5ccccc5)cc43)cc2)CCCCC1.[I-]. The molecule has 0 spiro atoms. The second-order valence-electron chi connectivity index (χ2n) is 10.3. The number of fused-ring (bicyclic) bond motifs is 1. The van der Waals surface area contributed by atoms with Crippen molar-refractivity contribution in [3.63, 3.8) is 0 Å². The molecule has 0 bridgehead atoms. The third-order valence-electron chi connectivity index (χ3n) is 7.81.